The number of hydrogen-bond acceptors (Lipinski definition) is 5. The lowest BCUT2D eigenvalue weighted by Gasteiger charge is -2.11. The molecule has 0 saturated carbocycles. The quantitative estimate of drug-likeness (QED) is 0.202. The summed E-state index contributed by atoms with van der Waals surface area (Å²) in [5, 5.41) is 6.89. The molecule has 0 aliphatic heterocycles. The van der Waals surface area contributed by atoms with Gasteiger partial charge < -0.3 is 0 Å². The zero-order valence-corrected chi connectivity index (χ0v) is 24.4. The van der Waals surface area contributed by atoms with Crippen molar-refractivity contribution < 1.29 is 8.42 Å². The van der Waals surface area contributed by atoms with Crippen molar-refractivity contribution in [2.45, 2.75) is 18.7 Å². The van der Waals surface area contributed by atoms with Crippen LogP contribution in [0, 0.1) is 13.8 Å². The average Bonchev–Trinajstić information content (AvgIpc) is 3.35. The van der Waals surface area contributed by atoms with Crippen molar-refractivity contribution >= 4 is 33.3 Å². The SMILES string of the molecule is Cc1ccc(/C=N/n2c(-c3ccc(-c4ccccc4)cc3)csc2=Nc2cccc(S(=O)(=O)N(C)C)c2)c(C)c1. The van der Waals surface area contributed by atoms with Crippen molar-refractivity contribution in [2.75, 3.05) is 14.1 Å². The van der Waals surface area contributed by atoms with Crippen molar-refractivity contribution in [3.05, 3.63) is 124 Å². The first kappa shape index (κ1) is 27.5. The van der Waals surface area contributed by atoms with Crippen LogP contribution in [-0.4, -0.2) is 37.7 Å². The summed E-state index contributed by atoms with van der Waals surface area (Å²) in [4.78, 5) is 5.64. The number of nitrogens with zero attached hydrogens (tertiary/aromatic N) is 4. The Bertz CT molecular complexity index is 1850. The molecule has 0 spiro atoms. The fraction of sp³-hybridized carbons (Fsp3) is 0.125. The molecule has 5 rings (SSSR count). The molecule has 0 bridgehead atoms. The minimum Gasteiger partial charge on any atom is -0.220 e. The van der Waals surface area contributed by atoms with Gasteiger partial charge in [-0.2, -0.15) is 5.10 Å². The Hall–Kier alpha value is -4.11. The summed E-state index contributed by atoms with van der Waals surface area (Å²) in [6, 6.07) is 31.6. The van der Waals surface area contributed by atoms with Gasteiger partial charge in [-0.25, -0.2) is 22.4 Å². The highest BCUT2D eigenvalue weighted by molar-refractivity contribution is 7.89. The van der Waals surface area contributed by atoms with Crippen LogP contribution in [0.3, 0.4) is 0 Å². The molecule has 0 radical (unpaired) electrons. The van der Waals surface area contributed by atoms with Crippen molar-refractivity contribution in [3.8, 4) is 22.4 Å². The van der Waals surface area contributed by atoms with Gasteiger partial charge in [-0.1, -0.05) is 84.4 Å². The predicted octanol–water partition coefficient (Wildman–Crippen LogP) is 6.87. The first-order valence-corrected chi connectivity index (χ1v) is 15.1. The molecule has 5 aromatic rings. The highest BCUT2D eigenvalue weighted by Gasteiger charge is 2.17. The summed E-state index contributed by atoms with van der Waals surface area (Å²) in [5.41, 5.74) is 8.05. The van der Waals surface area contributed by atoms with Crippen LogP contribution < -0.4 is 4.80 Å². The van der Waals surface area contributed by atoms with E-state index in [1.165, 1.54) is 35.3 Å². The van der Waals surface area contributed by atoms with Crippen molar-refractivity contribution in [3.63, 3.8) is 0 Å². The molecule has 1 heterocycles. The number of hydrogen-bond donors (Lipinski definition) is 0. The second-order valence-electron chi connectivity index (χ2n) is 9.66. The predicted molar refractivity (Wildman–Crippen MR) is 165 cm³/mol. The minimum absolute atomic E-state index is 0.192. The maximum Gasteiger partial charge on any atom is 0.242 e. The van der Waals surface area contributed by atoms with Crippen LogP contribution in [0.1, 0.15) is 16.7 Å². The van der Waals surface area contributed by atoms with E-state index in [1.54, 1.807) is 24.3 Å². The van der Waals surface area contributed by atoms with Gasteiger partial charge in [0.15, 0.2) is 0 Å². The lowest BCUT2D eigenvalue weighted by molar-refractivity contribution is 0.521. The van der Waals surface area contributed by atoms with Crippen molar-refractivity contribution in [1.29, 1.82) is 0 Å². The molecule has 0 atom stereocenters. The molecule has 0 fully saturated rings. The smallest absolute Gasteiger partial charge is 0.220 e. The lowest BCUT2D eigenvalue weighted by atomic mass is 10.0. The fourth-order valence-corrected chi connectivity index (χ4v) is 6.07. The largest absolute Gasteiger partial charge is 0.242 e. The topological polar surface area (TPSA) is 67.0 Å². The van der Waals surface area contributed by atoms with Crippen LogP contribution in [0.5, 0.6) is 0 Å². The number of sulfonamides is 1. The van der Waals surface area contributed by atoms with Crippen LogP contribution in [0.15, 0.2) is 117 Å². The molecule has 0 amide bonds. The van der Waals surface area contributed by atoms with Crippen LogP contribution in [-0.2, 0) is 10.0 Å². The van der Waals surface area contributed by atoms with Crippen LogP contribution >= 0.6 is 11.3 Å². The van der Waals surface area contributed by atoms with E-state index < -0.39 is 10.0 Å². The van der Waals surface area contributed by atoms with E-state index in [-0.39, 0.29) is 4.90 Å². The third-order valence-corrected chi connectivity index (χ3v) is 9.16. The Morgan fingerprint density at radius 1 is 0.800 bits per heavy atom. The molecule has 40 heavy (non-hydrogen) atoms. The Balaban J connectivity index is 1.61. The maximum absolute atomic E-state index is 12.7. The summed E-state index contributed by atoms with van der Waals surface area (Å²) in [7, 11) is -0.546. The van der Waals surface area contributed by atoms with E-state index in [9.17, 15) is 8.42 Å². The molecule has 4 aromatic carbocycles. The van der Waals surface area contributed by atoms with E-state index in [0.29, 0.717) is 10.5 Å². The molecule has 0 aliphatic carbocycles. The van der Waals surface area contributed by atoms with E-state index in [0.717, 1.165) is 33.5 Å². The van der Waals surface area contributed by atoms with Crippen molar-refractivity contribution in [1.82, 2.24) is 8.98 Å². The molecule has 202 valence electrons. The van der Waals surface area contributed by atoms with Gasteiger partial charge in [0, 0.05) is 25.0 Å². The van der Waals surface area contributed by atoms with E-state index in [4.69, 9.17) is 10.1 Å². The Kier molecular flexibility index (Phi) is 7.93. The van der Waals surface area contributed by atoms with Gasteiger partial charge >= 0.3 is 0 Å². The molecule has 0 aliphatic rings. The van der Waals surface area contributed by atoms with Gasteiger partial charge in [-0.05, 0) is 54.3 Å². The van der Waals surface area contributed by atoms with E-state index in [2.05, 4.69) is 68.4 Å². The number of benzene rings is 4. The molecule has 0 unspecified atom stereocenters. The third-order valence-electron chi connectivity index (χ3n) is 6.53. The van der Waals surface area contributed by atoms with Gasteiger partial charge in [0.25, 0.3) is 0 Å². The number of rotatable bonds is 7. The Morgan fingerprint density at radius 2 is 1.50 bits per heavy atom. The molecule has 0 saturated heterocycles. The maximum atomic E-state index is 12.7. The number of aryl methyl sites for hydroxylation is 2. The van der Waals surface area contributed by atoms with E-state index in [1.807, 2.05) is 34.5 Å². The second-order valence-corrected chi connectivity index (χ2v) is 12.6. The lowest BCUT2D eigenvalue weighted by Crippen LogP contribution is -2.22. The highest BCUT2D eigenvalue weighted by atomic mass is 32.2. The highest BCUT2D eigenvalue weighted by Crippen LogP contribution is 2.26. The standard InChI is InChI=1S/C32H30N4O2S2/c1-23-13-14-28(24(2)19-23)21-33-36-31(27-17-15-26(16-18-27)25-9-6-5-7-10-25)22-39-32(36)34-29-11-8-12-30(20-29)40(37,38)35(3)4/h5-22H,1-4H3/b33-21+,34-32?. The van der Waals surface area contributed by atoms with Crippen molar-refractivity contribution in [2.24, 2.45) is 10.1 Å². The molecular formula is C32H30N4O2S2. The number of aromatic nitrogens is 1. The van der Waals surface area contributed by atoms with E-state index >= 15 is 0 Å². The fourth-order valence-electron chi connectivity index (χ4n) is 4.28. The van der Waals surface area contributed by atoms with Gasteiger partial charge in [-0.3, -0.25) is 0 Å². The molecular weight excluding hydrogens is 537 g/mol. The van der Waals surface area contributed by atoms with Crippen LogP contribution in [0.2, 0.25) is 0 Å². The third kappa shape index (κ3) is 5.89. The molecule has 1 aromatic heterocycles. The molecule has 0 N–H and O–H groups in total. The average molecular weight is 567 g/mol. The number of thiazole rings is 1. The van der Waals surface area contributed by atoms with Gasteiger partial charge in [0.1, 0.15) is 0 Å². The summed E-state index contributed by atoms with van der Waals surface area (Å²) in [6.07, 6.45) is 1.84. The zero-order valence-electron chi connectivity index (χ0n) is 22.8. The van der Waals surface area contributed by atoms with Gasteiger partial charge in [0.05, 0.1) is 22.5 Å². The normalized spacial score (nSPS) is 12.5. The Labute approximate surface area is 239 Å². The molecule has 6 nitrogen and oxygen atoms in total. The summed E-state index contributed by atoms with van der Waals surface area (Å²) in [6.45, 7) is 4.14. The zero-order chi connectivity index (χ0) is 28.3. The minimum atomic E-state index is -3.58. The Morgan fingerprint density at radius 3 is 2.20 bits per heavy atom. The summed E-state index contributed by atoms with van der Waals surface area (Å²) in [5.74, 6) is 0. The van der Waals surface area contributed by atoms with Gasteiger partial charge in [-0.15, -0.1) is 11.3 Å². The summed E-state index contributed by atoms with van der Waals surface area (Å²) >= 11 is 1.45. The monoisotopic (exact) mass is 566 g/mol. The second kappa shape index (κ2) is 11.6. The first-order chi connectivity index (χ1) is 19.2. The van der Waals surface area contributed by atoms with Crippen LogP contribution in [0.25, 0.3) is 22.4 Å². The molecule has 8 heteroatoms. The summed E-state index contributed by atoms with van der Waals surface area (Å²) < 4.78 is 28.4. The first-order valence-electron chi connectivity index (χ1n) is 12.8. The van der Waals surface area contributed by atoms with Crippen LogP contribution in [0.4, 0.5) is 5.69 Å². The van der Waals surface area contributed by atoms with Gasteiger partial charge in [0.2, 0.25) is 14.8 Å².